The van der Waals surface area contributed by atoms with Crippen LogP contribution in [-0.2, 0) is 0 Å². The van der Waals surface area contributed by atoms with Crippen LogP contribution in [0.3, 0.4) is 0 Å². The highest BCUT2D eigenvalue weighted by Gasteiger charge is 2.07. The fourth-order valence-corrected chi connectivity index (χ4v) is 2.23. The summed E-state index contributed by atoms with van der Waals surface area (Å²) in [6.45, 7) is 1.84. The van der Waals surface area contributed by atoms with E-state index < -0.39 is 0 Å². The second-order valence-corrected chi connectivity index (χ2v) is 5.14. The van der Waals surface area contributed by atoms with Crippen LogP contribution >= 0.6 is 11.6 Å². The standard InChI is InChI=1S/C17H12ClFN2/c1-11-20-16(12-2-6-14(18)7-3-12)10-17(21-11)13-4-8-15(19)9-5-13/h2-10H,1H3. The molecule has 0 saturated carbocycles. The minimum atomic E-state index is -0.262. The van der Waals surface area contributed by atoms with Crippen molar-refractivity contribution in [1.29, 1.82) is 0 Å². The maximum absolute atomic E-state index is 13.0. The minimum Gasteiger partial charge on any atom is -0.233 e. The molecule has 3 rings (SSSR count). The van der Waals surface area contributed by atoms with Crippen molar-refractivity contribution in [2.45, 2.75) is 6.92 Å². The van der Waals surface area contributed by atoms with Crippen LogP contribution in [0.2, 0.25) is 5.02 Å². The SMILES string of the molecule is Cc1nc(-c2ccc(F)cc2)cc(-c2ccc(Cl)cc2)n1. The van der Waals surface area contributed by atoms with E-state index in [1.807, 2.05) is 37.3 Å². The summed E-state index contributed by atoms with van der Waals surface area (Å²) in [4.78, 5) is 8.87. The number of hydrogen-bond donors (Lipinski definition) is 0. The second kappa shape index (κ2) is 5.62. The lowest BCUT2D eigenvalue weighted by Gasteiger charge is -2.07. The molecule has 3 aromatic rings. The Morgan fingerprint density at radius 3 is 1.81 bits per heavy atom. The molecule has 0 aliphatic carbocycles. The van der Waals surface area contributed by atoms with Crippen LogP contribution in [-0.4, -0.2) is 9.97 Å². The normalized spacial score (nSPS) is 10.6. The molecule has 0 aliphatic rings. The molecule has 0 spiro atoms. The van der Waals surface area contributed by atoms with Crippen molar-refractivity contribution in [1.82, 2.24) is 9.97 Å². The van der Waals surface area contributed by atoms with Crippen molar-refractivity contribution in [3.05, 3.63) is 71.3 Å². The van der Waals surface area contributed by atoms with Gasteiger partial charge in [0.2, 0.25) is 0 Å². The third kappa shape index (κ3) is 3.09. The summed E-state index contributed by atoms with van der Waals surface area (Å²) < 4.78 is 13.0. The Bertz CT molecular complexity index is 704. The maximum Gasteiger partial charge on any atom is 0.126 e. The Balaban J connectivity index is 2.07. The van der Waals surface area contributed by atoms with Gasteiger partial charge in [0.05, 0.1) is 11.4 Å². The van der Waals surface area contributed by atoms with E-state index in [9.17, 15) is 4.39 Å². The summed E-state index contributed by atoms with van der Waals surface area (Å²) in [6.07, 6.45) is 0. The van der Waals surface area contributed by atoms with Crippen LogP contribution in [0.1, 0.15) is 5.82 Å². The average molecular weight is 299 g/mol. The number of aromatic nitrogens is 2. The molecular weight excluding hydrogens is 287 g/mol. The van der Waals surface area contributed by atoms with Crippen molar-refractivity contribution < 1.29 is 4.39 Å². The third-order valence-electron chi connectivity index (χ3n) is 3.12. The summed E-state index contributed by atoms with van der Waals surface area (Å²) in [5.74, 6) is 0.407. The first kappa shape index (κ1) is 13.7. The van der Waals surface area contributed by atoms with Gasteiger partial charge < -0.3 is 0 Å². The van der Waals surface area contributed by atoms with E-state index in [0.717, 1.165) is 22.5 Å². The van der Waals surface area contributed by atoms with Gasteiger partial charge in [-0.3, -0.25) is 0 Å². The predicted molar refractivity (Wildman–Crippen MR) is 82.6 cm³/mol. The number of nitrogens with zero attached hydrogens (tertiary/aromatic N) is 2. The zero-order chi connectivity index (χ0) is 14.8. The predicted octanol–water partition coefficient (Wildman–Crippen LogP) is 4.91. The van der Waals surface area contributed by atoms with Crippen molar-refractivity contribution in [3.63, 3.8) is 0 Å². The largest absolute Gasteiger partial charge is 0.233 e. The molecule has 104 valence electrons. The quantitative estimate of drug-likeness (QED) is 0.671. The van der Waals surface area contributed by atoms with Gasteiger partial charge in [-0.1, -0.05) is 23.7 Å². The smallest absolute Gasteiger partial charge is 0.126 e. The van der Waals surface area contributed by atoms with E-state index >= 15 is 0 Å². The minimum absolute atomic E-state index is 0.262. The van der Waals surface area contributed by atoms with E-state index in [-0.39, 0.29) is 5.82 Å². The Kier molecular flexibility index (Phi) is 3.67. The summed E-state index contributed by atoms with van der Waals surface area (Å²) in [5.41, 5.74) is 3.41. The van der Waals surface area contributed by atoms with Gasteiger partial charge in [0, 0.05) is 16.1 Å². The van der Waals surface area contributed by atoms with Crippen LogP contribution < -0.4 is 0 Å². The van der Waals surface area contributed by atoms with Crippen molar-refractivity contribution in [2.75, 3.05) is 0 Å². The van der Waals surface area contributed by atoms with Crippen LogP contribution in [0, 0.1) is 12.7 Å². The Labute approximate surface area is 127 Å². The van der Waals surface area contributed by atoms with Gasteiger partial charge >= 0.3 is 0 Å². The molecule has 4 heteroatoms. The van der Waals surface area contributed by atoms with Crippen molar-refractivity contribution >= 4 is 11.6 Å². The number of benzene rings is 2. The van der Waals surface area contributed by atoms with Crippen LogP contribution in [0.5, 0.6) is 0 Å². The molecule has 0 unspecified atom stereocenters. The van der Waals surface area contributed by atoms with E-state index in [2.05, 4.69) is 9.97 Å². The molecule has 2 nitrogen and oxygen atoms in total. The van der Waals surface area contributed by atoms with Crippen LogP contribution in [0.15, 0.2) is 54.6 Å². The molecule has 0 amide bonds. The molecule has 21 heavy (non-hydrogen) atoms. The van der Waals surface area contributed by atoms with Crippen LogP contribution in [0.4, 0.5) is 4.39 Å². The van der Waals surface area contributed by atoms with E-state index in [0.29, 0.717) is 10.8 Å². The summed E-state index contributed by atoms with van der Waals surface area (Å²) in [6, 6.07) is 15.6. The van der Waals surface area contributed by atoms with Crippen molar-refractivity contribution in [2.24, 2.45) is 0 Å². The zero-order valence-electron chi connectivity index (χ0n) is 11.3. The molecule has 0 fully saturated rings. The number of hydrogen-bond acceptors (Lipinski definition) is 2. The lowest BCUT2D eigenvalue weighted by molar-refractivity contribution is 0.628. The molecular formula is C17H12ClFN2. The topological polar surface area (TPSA) is 25.8 Å². The highest BCUT2D eigenvalue weighted by Crippen LogP contribution is 2.25. The molecule has 1 aromatic heterocycles. The number of halogens is 2. The van der Waals surface area contributed by atoms with Gasteiger partial charge in [-0.05, 0) is 49.4 Å². The molecule has 0 radical (unpaired) electrons. The molecule has 2 aromatic carbocycles. The molecule has 0 atom stereocenters. The van der Waals surface area contributed by atoms with Gasteiger partial charge in [0.1, 0.15) is 11.6 Å². The van der Waals surface area contributed by atoms with E-state index in [4.69, 9.17) is 11.6 Å². The highest BCUT2D eigenvalue weighted by atomic mass is 35.5. The summed E-state index contributed by atoms with van der Waals surface area (Å²) >= 11 is 5.90. The van der Waals surface area contributed by atoms with E-state index in [1.54, 1.807) is 12.1 Å². The molecule has 0 aliphatic heterocycles. The summed E-state index contributed by atoms with van der Waals surface area (Å²) in [5, 5.41) is 0.684. The van der Waals surface area contributed by atoms with Gasteiger partial charge in [0.15, 0.2) is 0 Å². The fourth-order valence-electron chi connectivity index (χ4n) is 2.10. The Morgan fingerprint density at radius 1 is 0.810 bits per heavy atom. The first-order valence-corrected chi connectivity index (χ1v) is 6.87. The Hall–Kier alpha value is -2.26. The van der Waals surface area contributed by atoms with Gasteiger partial charge in [-0.2, -0.15) is 0 Å². The summed E-state index contributed by atoms with van der Waals surface area (Å²) in [7, 11) is 0. The van der Waals surface area contributed by atoms with Gasteiger partial charge in [0.25, 0.3) is 0 Å². The van der Waals surface area contributed by atoms with Crippen molar-refractivity contribution in [3.8, 4) is 22.5 Å². The molecule has 0 bridgehead atoms. The molecule has 0 saturated heterocycles. The zero-order valence-corrected chi connectivity index (χ0v) is 12.1. The first-order chi connectivity index (χ1) is 10.1. The maximum atomic E-state index is 13.0. The first-order valence-electron chi connectivity index (χ1n) is 6.49. The van der Waals surface area contributed by atoms with Gasteiger partial charge in [-0.15, -0.1) is 0 Å². The number of aryl methyl sites for hydroxylation is 1. The monoisotopic (exact) mass is 298 g/mol. The second-order valence-electron chi connectivity index (χ2n) is 4.70. The molecule has 1 heterocycles. The fraction of sp³-hybridized carbons (Fsp3) is 0.0588. The lowest BCUT2D eigenvalue weighted by atomic mass is 10.1. The Morgan fingerprint density at radius 2 is 1.29 bits per heavy atom. The average Bonchev–Trinajstić information content (AvgIpc) is 2.48. The third-order valence-corrected chi connectivity index (χ3v) is 3.37. The van der Waals surface area contributed by atoms with Crippen LogP contribution in [0.25, 0.3) is 22.5 Å². The van der Waals surface area contributed by atoms with Gasteiger partial charge in [-0.25, -0.2) is 14.4 Å². The molecule has 0 N–H and O–H groups in total. The van der Waals surface area contributed by atoms with E-state index in [1.165, 1.54) is 12.1 Å². The highest BCUT2D eigenvalue weighted by molar-refractivity contribution is 6.30. The number of rotatable bonds is 2. The lowest BCUT2D eigenvalue weighted by Crippen LogP contribution is -1.94.